The van der Waals surface area contributed by atoms with Crippen LogP contribution in [0.3, 0.4) is 0 Å². The predicted octanol–water partition coefficient (Wildman–Crippen LogP) is 2.68. The van der Waals surface area contributed by atoms with E-state index < -0.39 is 0 Å². The Kier molecular flexibility index (Phi) is 3.66. The van der Waals surface area contributed by atoms with Crippen LogP contribution in [0.5, 0.6) is 0 Å². The number of hydrogen-bond donors (Lipinski definition) is 0. The molecule has 0 bridgehead atoms. The van der Waals surface area contributed by atoms with Crippen molar-refractivity contribution in [2.75, 3.05) is 11.5 Å². The Balaban J connectivity index is 2.43. The minimum absolute atomic E-state index is 0.256. The SMILES string of the molecule is CCSCC(=O)c1cccs1. The molecule has 0 saturated heterocycles. The van der Waals surface area contributed by atoms with E-state index in [9.17, 15) is 4.79 Å². The summed E-state index contributed by atoms with van der Waals surface area (Å²) in [7, 11) is 0. The molecule has 0 fully saturated rings. The second-order valence-electron chi connectivity index (χ2n) is 2.04. The van der Waals surface area contributed by atoms with Crippen molar-refractivity contribution >= 4 is 28.9 Å². The van der Waals surface area contributed by atoms with Crippen molar-refractivity contribution in [2.45, 2.75) is 6.92 Å². The monoisotopic (exact) mass is 186 g/mol. The van der Waals surface area contributed by atoms with E-state index in [1.54, 1.807) is 11.8 Å². The minimum Gasteiger partial charge on any atom is -0.292 e. The molecule has 0 aliphatic rings. The zero-order valence-corrected chi connectivity index (χ0v) is 8.00. The Morgan fingerprint density at radius 2 is 2.55 bits per heavy atom. The highest BCUT2D eigenvalue weighted by molar-refractivity contribution is 7.99. The molecule has 0 saturated carbocycles. The van der Waals surface area contributed by atoms with E-state index in [2.05, 4.69) is 6.92 Å². The number of thiophene rings is 1. The van der Waals surface area contributed by atoms with Gasteiger partial charge in [-0.1, -0.05) is 13.0 Å². The van der Waals surface area contributed by atoms with Crippen LogP contribution in [0, 0.1) is 0 Å². The van der Waals surface area contributed by atoms with Crippen LogP contribution in [-0.2, 0) is 0 Å². The third-order valence-corrected chi connectivity index (χ3v) is 3.02. The molecule has 0 spiro atoms. The van der Waals surface area contributed by atoms with E-state index in [1.807, 2.05) is 17.5 Å². The molecule has 0 radical (unpaired) electrons. The largest absolute Gasteiger partial charge is 0.292 e. The van der Waals surface area contributed by atoms with Crippen LogP contribution in [-0.4, -0.2) is 17.3 Å². The van der Waals surface area contributed by atoms with Gasteiger partial charge in [-0.05, 0) is 17.2 Å². The molecule has 0 amide bonds. The second kappa shape index (κ2) is 4.57. The van der Waals surface area contributed by atoms with Crippen LogP contribution in [0.2, 0.25) is 0 Å². The number of Topliss-reactive ketones (excluding diaryl/α,β-unsaturated/α-hetero) is 1. The topological polar surface area (TPSA) is 17.1 Å². The number of hydrogen-bond acceptors (Lipinski definition) is 3. The Morgan fingerprint density at radius 1 is 1.73 bits per heavy atom. The van der Waals surface area contributed by atoms with Crippen molar-refractivity contribution in [1.82, 2.24) is 0 Å². The Morgan fingerprint density at radius 3 is 3.09 bits per heavy atom. The summed E-state index contributed by atoms with van der Waals surface area (Å²) in [5.74, 6) is 1.89. The van der Waals surface area contributed by atoms with Gasteiger partial charge in [0.05, 0.1) is 10.6 Å². The smallest absolute Gasteiger partial charge is 0.182 e. The minimum atomic E-state index is 0.256. The molecule has 11 heavy (non-hydrogen) atoms. The summed E-state index contributed by atoms with van der Waals surface area (Å²) in [6.45, 7) is 2.06. The van der Waals surface area contributed by atoms with E-state index in [0.29, 0.717) is 5.75 Å². The van der Waals surface area contributed by atoms with Crippen molar-refractivity contribution in [1.29, 1.82) is 0 Å². The zero-order valence-electron chi connectivity index (χ0n) is 6.37. The highest BCUT2D eigenvalue weighted by Gasteiger charge is 2.04. The fraction of sp³-hybridized carbons (Fsp3) is 0.375. The molecule has 0 aromatic carbocycles. The van der Waals surface area contributed by atoms with Gasteiger partial charge < -0.3 is 0 Å². The number of ketones is 1. The van der Waals surface area contributed by atoms with Crippen LogP contribution in [0.4, 0.5) is 0 Å². The van der Waals surface area contributed by atoms with Crippen molar-refractivity contribution in [3.63, 3.8) is 0 Å². The van der Waals surface area contributed by atoms with Crippen LogP contribution in [0.1, 0.15) is 16.6 Å². The highest BCUT2D eigenvalue weighted by Crippen LogP contribution is 2.12. The van der Waals surface area contributed by atoms with Crippen molar-refractivity contribution in [3.05, 3.63) is 22.4 Å². The van der Waals surface area contributed by atoms with Crippen molar-refractivity contribution in [3.8, 4) is 0 Å². The quantitative estimate of drug-likeness (QED) is 0.672. The molecule has 60 valence electrons. The van der Waals surface area contributed by atoms with Gasteiger partial charge in [-0.15, -0.1) is 11.3 Å². The molecular weight excluding hydrogens is 176 g/mol. The number of rotatable bonds is 4. The van der Waals surface area contributed by atoms with Gasteiger partial charge in [0.15, 0.2) is 5.78 Å². The molecule has 1 heterocycles. The van der Waals surface area contributed by atoms with Gasteiger partial charge in [0.25, 0.3) is 0 Å². The lowest BCUT2D eigenvalue weighted by Crippen LogP contribution is -1.99. The van der Waals surface area contributed by atoms with Gasteiger partial charge in [-0.3, -0.25) is 4.79 Å². The molecular formula is C8H10OS2. The lowest BCUT2D eigenvalue weighted by molar-refractivity contribution is 0.102. The van der Waals surface area contributed by atoms with Gasteiger partial charge in [0, 0.05) is 0 Å². The zero-order chi connectivity index (χ0) is 8.10. The summed E-state index contributed by atoms with van der Waals surface area (Å²) in [5.41, 5.74) is 0. The van der Waals surface area contributed by atoms with Crippen molar-refractivity contribution in [2.24, 2.45) is 0 Å². The Bertz CT molecular complexity index is 216. The summed E-state index contributed by atoms with van der Waals surface area (Å²) in [6.07, 6.45) is 0. The highest BCUT2D eigenvalue weighted by atomic mass is 32.2. The van der Waals surface area contributed by atoms with Crippen molar-refractivity contribution < 1.29 is 4.79 Å². The third kappa shape index (κ3) is 2.67. The molecule has 0 aliphatic carbocycles. The second-order valence-corrected chi connectivity index (χ2v) is 4.26. The third-order valence-electron chi connectivity index (χ3n) is 1.23. The first-order chi connectivity index (χ1) is 5.34. The van der Waals surface area contributed by atoms with Gasteiger partial charge in [0.2, 0.25) is 0 Å². The molecule has 1 nitrogen and oxygen atoms in total. The number of carbonyl (C=O) groups is 1. The lowest BCUT2D eigenvalue weighted by Gasteiger charge is -1.93. The van der Waals surface area contributed by atoms with E-state index >= 15 is 0 Å². The first-order valence-electron chi connectivity index (χ1n) is 3.49. The number of carbonyl (C=O) groups excluding carboxylic acids is 1. The first kappa shape index (κ1) is 8.81. The summed E-state index contributed by atoms with van der Waals surface area (Å²) in [6, 6.07) is 3.79. The first-order valence-corrected chi connectivity index (χ1v) is 5.52. The normalized spacial score (nSPS) is 9.91. The average molecular weight is 186 g/mol. The van der Waals surface area contributed by atoms with E-state index in [4.69, 9.17) is 0 Å². The molecule has 0 atom stereocenters. The molecule has 0 aliphatic heterocycles. The maximum Gasteiger partial charge on any atom is 0.182 e. The van der Waals surface area contributed by atoms with Gasteiger partial charge in [-0.25, -0.2) is 0 Å². The van der Waals surface area contributed by atoms with Gasteiger partial charge in [0.1, 0.15) is 0 Å². The average Bonchev–Trinajstić information content (AvgIpc) is 2.52. The molecule has 1 aromatic rings. The Hall–Kier alpha value is -0.280. The number of thioether (sulfide) groups is 1. The van der Waals surface area contributed by atoms with Crippen LogP contribution in [0.15, 0.2) is 17.5 Å². The summed E-state index contributed by atoms with van der Waals surface area (Å²) in [4.78, 5) is 12.1. The maximum atomic E-state index is 11.3. The molecule has 1 aromatic heterocycles. The summed E-state index contributed by atoms with van der Waals surface area (Å²) >= 11 is 3.19. The van der Waals surface area contributed by atoms with E-state index in [-0.39, 0.29) is 5.78 Å². The van der Waals surface area contributed by atoms with Gasteiger partial charge >= 0.3 is 0 Å². The fourth-order valence-electron chi connectivity index (χ4n) is 0.703. The standard InChI is InChI=1S/C8H10OS2/c1-2-10-6-7(9)8-4-3-5-11-8/h3-5H,2,6H2,1H3. The Labute approximate surface area is 74.8 Å². The molecule has 0 unspecified atom stereocenters. The van der Waals surface area contributed by atoms with Gasteiger partial charge in [-0.2, -0.15) is 11.8 Å². The van der Waals surface area contributed by atoms with E-state index in [1.165, 1.54) is 11.3 Å². The summed E-state index contributed by atoms with van der Waals surface area (Å²) < 4.78 is 0. The molecule has 3 heteroatoms. The molecule has 0 N–H and O–H groups in total. The van der Waals surface area contributed by atoms with Crippen LogP contribution >= 0.6 is 23.1 Å². The fourth-order valence-corrected chi connectivity index (χ4v) is 2.00. The molecule has 1 rings (SSSR count). The summed E-state index contributed by atoms with van der Waals surface area (Å²) in [5, 5.41) is 1.93. The van der Waals surface area contributed by atoms with Crippen LogP contribution < -0.4 is 0 Å². The maximum absolute atomic E-state index is 11.3. The van der Waals surface area contributed by atoms with E-state index in [0.717, 1.165) is 10.6 Å². The van der Waals surface area contributed by atoms with Crippen LogP contribution in [0.25, 0.3) is 0 Å². The predicted molar refractivity (Wildman–Crippen MR) is 51.6 cm³/mol. The lowest BCUT2D eigenvalue weighted by atomic mass is 10.4.